The number of guanidine groups is 1. The van der Waals surface area contributed by atoms with Crippen molar-refractivity contribution < 1.29 is 4.79 Å². The second-order valence-corrected chi connectivity index (χ2v) is 5.03. The number of rotatable bonds is 2. The Morgan fingerprint density at radius 3 is 2.50 bits per heavy atom. The molecule has 4 nitrogen and oxygen atoms in total. The summed E-state index contributed by atoms with van der Waals surface area (Å²) in [5.41, 5.74) is 14.7. The van der Waals surface area contributed by atoms with Gasteiger partial charge in [-0.05, 0) is 49.5 Å². The molecule has 2 rings (SSSR count). The van der Waals surface area contributed by atoms with Crippen LogP contribution in [0.25, 0.3) is 6.08 Å². The molecule has 1 aliphatic carbocycles. The largest absolute Gasteiger partial charge is 0.370 e. The van der Waals surface area contributed by atoms with Gasteiger partial charge < -0.3 is 11.5 Å². The summed E-state index contributed by atoms with van der Waals surface area (Å²) in [4.78, 5) is 15.1. The van der Waals surface area contributed by atoms with Crippen LogP contribution in [0.4, 0.5) is 0 Å². The van der Waals surface area contributed by atoms with Crippen molar-refractivity contribution in [1.29, 1.82) is 0 Å². The number of allylic oxidation sites excluding steroid dienone is 3. The van der Waals surface area contributed by atoms with Gasteiger partial charge >= 0.3 is 0 Å². The zero-order valence-electron chi connectivity index (χ0n) is 11.6. The predicted molar refractivity (Wildman–Crippen MR) is 82.2 cm³/mol. The summed E-state index contributed by atoms with van der Waals surface area (Å²) in [6.45, 7) is 2.16. The number of aliphatic imine (C=N–C) groups is 1. The van der Waals surface area contributed by atoms with Crippen molar-refractivity contribution in [2.45, 2.75) is 26.2 Å². The summed E-state index contributed by atoms with van der Waals surface area (Å²) in [5.74, 6) is -0.637. The van der Waals surface area contributed by atoms with Gasteiger partial charge in [0, 0.05) is 5.56 Å². The smallest absolute Gasteiger partial charge is 0.280 e. The molecule has 1 aromatic rings. The Labute approximate surface area is 118 Å². The van der Waals surface area contributed by atoms with Gasteiger partial charge in [-0.25, -0.2) is 0 Å². The molecule has 1 aromatic carbocycles. The molecule has 0 bridgehead atoms. The van der Waals surface area contributed by atoms with Crippen LogP contribution in [0.1, 0.15) is 42.1 Å². The van der Waals surface area contributed by atoms with Crippen molar-refractivity contribution in [2.24, 2.45) is 16.5 Å². The molecule has 0 heterocycles. The number of hydrogen-bond donors (Lipinski definition) is 2. The molecule has 0 saturated carbocycles. The normalized spacial score (nSPS) is 16.6. The van der Waals surface area contributed by atoms with Gasteiger partial charge in [0.05, 0.1) is 0 Å². The molecule has 0 unspecified atom stereocenters. The third-order valence-electron chi connectivity index (χ3n) is 3.21. The Kier molecular flexibility index (Phi) is 4.35. The van der Waals surface area contributed by atoms with E-state index in [1.807, 2.05) is 12.1 Å². The second-order valence-electron chi connectivity index (χ2n) is 5.03. The van der Waals surface area contributed by atoms with Gasteiger partial charge in [0.15, 0.2) is 5.96 Å². The summed E-state index contributed by atoms with van der Waals surface area (Å²) in [6.07, 6.45) is 7.88. The minimum Gasteiger partial charge on any atom is -0.370 e. The molecular formula is C16H19N3O. The fraction of sp³-hybridized carbons (Fsp3) is 0.250. The van der Waals surface area contributed by atoms with Crippen LogP contribution in [0.5, 0.6) is 0 Å². The first-order valence-corrected chi connectivity index (χ1v) is 6.66. The van der Waals surface area contributed by atoms with E-state index in [0.717, 1.165) is 12.0 Å². The molecule has 20 heavy (non-hydrogen) atoms. The number of carbonyl (C=O) groups is 1. The average molecular weight is 269 g/mol. The van der Waals surface area contributed by atoms with Gasteiger partial charge in [-0.3, -0.25) is 4.79 Å². The second kappa shape index (κ2) is 6.19. The lowest BCUT2D eigenvalue weighted by Gasteiger charge is -2.11. The van der Waals surface area contributed by atoms with E-state index >= 15 is 0 Å². The summed E-state index contributed by atoms with van der Waals surface area (Å²) in [6, 6.07) is 7.28. The maximum absolute atomic E-state index is 11.6. The Morgan fingerprint density at radius 1 is 1.20 bits per heavy atom. The van der Waals surface area contributed by atoms with Crippen LogP contribution in [-0.4, -0.2) is 11.9 Å². The number of hydrogen-bond acceptors (Lipinski definition) is 1. The highest BCUT2D eigenvalue weighted by molar-refractivity contribution is 6.01. The number of benzene rings is 1. The van der Waals surface area contributed by atoms with E-state index in [1.165, 1.54) is 24.0 Å². The van der Waals surface area contributed by atoms with E-state index in [-0.39, 0.29) is 5.96 Å². The average Bonchev–Trinajstić information content (AvgIpc) is 2.38. The molecule has 0 atom stereocenters. The highest BCUT2D eigenvalue weighted by Crippen LogP contribution is 2.23. The Bertz CT molecular complexity index is 591. The summed E-state index contributed by atoms with van der Waals surface area (Å²) < 4.78 is 0. The van der Waals surface area contributed by atoms with Gasteiger partial charge in [-0.2, -0.15) is 4.99 Å². The molecule has 0 fully saturated rings. The fourth-order valence-corrected chi connectivity index (χ4v) is 2.26. The van der Waals surface area contributed by atoms with E-state index in [2.05, 4.69) is 24.1 Å². The first kappa shape index (κ1) is 14.1. The van der Waals surface area contributed by atoms with Crippen LogP contribution in [-0.2, 0) is 0 Å². The molecule has 0 aromatic heterocycles. The SMILES string of the molecule is CC1=CC(=Cc2ccc(C(=O)N=C(N)N)cc2)CCC1. The van der Waals surface area contributed by atoms with E-state index in [1.54, 1.807) is 12.1 Å². The maximum Gasteiger partial charge on any atom is 0.280 e. The van der Waals surface area contributed by atoms with Crippen molar-refractivity contribution in [3.63, 3.8) is 0 Å². The van der Waals surface area contributed by atoms with Crippen molar-refractivity contribution in [1.82, 2.24) is 0 Å². The number of carbonyl (C=O) groups excluding carboxylic acids is 1. The molecule has 0 aliphatic heterocycles. The molecule has 0 saturated heterocycles. The minimum absolute atomic E-state index is 0.219. The Hall–Kier alpha value is -2.36. The van der Waals surface area contributed by atoms with E-state index < -0.39 is 5.91 Å². The minimum atomic E-state index is -0.419. The van der Waals surface area contributed by atoms with Gasteiger partial charge in [0.2, 0.25) is 0 Å². The quantitative estimate of drug-likeness (QED) is 0.639. The fourth-order valence-electron chi connectivity index (χ4n) is 2.26. The molecule has 4 N–H and O–H groups in total. The summed E-state index contributed by atoms with van der Waals surface area (Å²) in [7, 11) is 0. The van der Waals surface area contributed by atoms with Gasteiger partial charge in [-0.15, -0.1) is 0 Å². The molecule has 4 heteroatoms. The van der Waals surface area contributed by atoms with E-state index in [4.69, 9.17) is 11.5 Å². The first-order valence-electron chi connectivity index (χ1n) is 6.66. The van der Waals surface area contributed by atoms with Crippen molar-refractivity contribution in [3.05, 3.63) is 52.6 Å². The standard InChI is InChI=1S/C16H19N3O/c1-11-3-2-4-13(9-11)10-12-5-7-14(8-6-12)15(20)19-16(17)18/h5-10H,2-4H2,1H3,(H4,17,18,19,20). The summed E-state index contributed by atoms with van der Waals surface area (Å²) in [5, 5.41) is 0. The van der Waals surface area contributed by atoms with Gasteiger partial charge in [0.25, 0.3) is 5.91 Å². The first-order chi connectivity index (χ1) is 9.54. The van der Waals surface area contributed by atoms with Crippen LogP contribution in [0, 0.1) is 0 Å². The van der Waals surface area contributed by atoms with Gasteiger partial charge in [0.1, 0.15) is 0 Å². The van der Waals surface area contributed by atoms with Crippen molar-refractivity contribution >= 4 is 17.9 Å². The van der Waals surface area contributed by atoms with Crippen molar-refractivity contribution in [2.75, 3.05) is 0 Å². The lowest BCUT2D eigenvalue weighted by atomic mass is 9.94. The number of nitrogens with two attached hydrogens (primary N) is 2. The predicted octanol–water partition coefficient (Wildman–Crippen LogP) is 2.61. The van der Waals surface area contributed by atoms with Crippen LogP contribution in [0.15, 0.2) is 46.5 Å². The highest BCUT2D eigenvalue weighted by Gasteiger charge is 2.06. The highest BCUT2D eigenvalue weighted by atomic mass is 16.1. The van der Waals surface area contributed by atoms with Crippen LogP contribution >= 0.6 is 0 Å². The van der Waals surface area contributed by atoms with E-state index in [0.29, 0.717) is 5.56 Å². The molecule has 104 valence electrons. The molecule has 1 amide bonds. The zero-order chi connectivity index (χ0) is 14.5. The molecular weight excluding hydrogens is 250 g/mol. The van der Waals surface area contributed by atoms with Crippen LogP contribution < -0.4 is 11.5 Å². The van der Waals surface area contributed by atoms with Gasteiger partial charge in [-0.1, -0.05) is 29.9 Å². The number of nitrogens with zero attached hydrogens (tertiary/aromatic N) is 1. The topological polar surface area (TPSA) is 81.5 Å². The lowest BCUT2D eigenvalue weighted by Crippen LogP contribution is -2.24. The molecule has 1 aliphatic rings. The Morgan fingerprint density at radius 2 is 1.90 bits per heavy atom. The van der Waals surface area contributed by atoms with Crippen molar-refractivity contribution in [3.8, 4) is 0 Å². The van der Waals surface area contributed by atoms with Crippen LogP contribution in [0.3, 0.4) is 0 Å². The Balaban J connectivity index is 2.17. The third-order valence-corrected chi connectivity index (χ3v) is 3.21. The molecule has 0 radical (unpaired) electrons. The van der Waals surface area contributed by atoms with E-state index in [9.17, 15) is 4.79 Å². The van der Waals surface area contributed by atoms with Crippen LogP contribution in [0.2, 0.25) is 0 Å². The summed E-state index contributed by atoms with van der Waals surface area (Å²) >= 11 is 0. The molecule has 0 spiro atoms. The third kappa shape index (κ3) is 3.82. The zero-order valence-corrected chi connectivity index (χ0v) is 11.6. The maximum atomic E-state index is 11.6. The lowest BCUT2D eigenvalue weighted by molar-refractivity contribution is 0.100. The monoisotopic (exact) mass is 269 g/mol. The number of amides is 1.